The van der Waals surface area contributed by atoms with Crippen LogP contribution in [-0.2, 0) is 0 Å². The van der Waals surface area contributed by atoms with Crippen molar-refractivity contribution in [1.82, 2.24) is 4.90 Å². The van der Waals surface area contributed by atoms with Crippen LogP contribution >= 0.6 is 0 Å². The van der Waals surface area contributed by atoms with Crippen LogP contribution in [-0.4, -0.2) is 29.6 Å². The summed E-state index contributed by atoms with van der Waals surface area (Å²) in [5.74, 6) is 0.127. The molecule has 22 heavy (non-hydrogen) atoms. The van der Waals surface area contributed by atoms with Crippen LogP contribution in [0, 0.1) is 0 Å². The predicted octanol–water partition coefficient (Wildman–Crippen LogP) is 3.99. The van der Waals surface area contributed by atoms with Crippen LogP contribution in [0.15, 0.2) is 60.7 Å². The van der Waals surface area contributed by atoms with E-state index >= 15 is 0 Å². The van der Waals surface area contributed by atoms with E-state index in [1.54, 1.807) is 0 Å². The number of benzene rings is 2. The Hall–Kier alpha value is -1.64. The second kappa shape index (κ2) is 7.57. The van der Waals surface area contributed by atoms with E-state index in [4.69, 9.17) is 0 Å². The second-order valence-electron chi connectivity index (χ2n) is 6.23. The Morgan fingerprint density at radius 2 is 1.32 bits per heavy atom. The van der Waals surface area contributed by atoms with E-state index in [0.717, 1.165) is 25.2 Å². The van der Waals surface area contributed by atoms with Crippen LogP contribution < -0.4 is 0 Å². The highest BCUT2D eigenvalue weighted by molar-refractivity contribution is 5.27. The van der Waals surface area contributed by atoms with Crippen molar-refractivity contribution in [3.05, 3.63) is 71.8 Å². The maximum absolute atomic E-state index is 10.9. The first-order valence-corrected chi connectivity index (χ1v) is 8.35. The Kier molecular flexibility index (Phi) is 5.25. The van der Waals surface area contributed by atoms with Gasteiger partial charge in [0.1, 0.15) is 0 Å². The summed E-state index contributed by atoms with van der Waals surface area (Å²) in [7, 11) is 0. The second-order valence-corrected chi connectivity index (χ2v) is 6.23. The van der Waals surface area contributed by atoms with Gasteiger partial charge in [-0.25, -0.2) is 0 Å². The minimum atomic E-state index is -0.453. The van der Waals surface area contributed by atoms with Crippen molar-refractivity contribution in [2.75, 3.05) is 19.6 Å². The normalized spacial score (nSPS) is 18.8. The molecule has 0 unspecified atom stereocenters. The lowest BCUT2D eigenvalue weighted by atomic mass is 9.88. The molecule has 0 saturated carbocycles. The third kappa shape index (κ3) is 3.76. The summed E-state index contributed by atoms with van der Waals surface area (Å²) < 4.78 is 0. The Labute approximate surface area is 133 Å². The summed E-state index contributed by atoms with van der Waals surface area (Å²) in [4.78, 5) is 2.51. The minimum Gasteiger partial charge on any atom is -0.388 e. The number of nitrogens with zero attached hydrogens (tertiary/aromatic N) is 1. The Morgan fingerprint density at radius 1 is 0.773 bits per heavy atom. The fourth-order valence-electron chi connectivity index (χ4n) is 3.39. The third-order valence-corrected chi connectivity index (χ3v) is 4.65. The quantitative estimate of drug-likeness (QED) is 0.901. The van der Waals surface area contributed by atoms with Gasteiger partial charge in [-0.2, -0.15) is 0 Å². The summed E-state index contributed by atoms with van der Waals surface area (Å²) in [6.07, 6.45) is 3.45. The van der Waals surface area contributed by atoms with E-state index in [9.17, 15) is 5.11 Å². The molecule has 1 saturated heterocycles. The number of hydrogen-bond donors (Lipinski definition) is 1. The molecule has 1 aliphatic heterocycles. The van der Waals surface area contributed by atoms with Crippen LogP contribution in [0.3, 0.4) is 0 Å². The van der Waals surface area contributed by atoms with E-state index in [1.165, 1.54) is 24.8 Å². The molecule has 0 aliphatic carbocycles. The monoisotopic (exact) mass is 295 g/mol. The van der Waals surface area contributed by atoms with Gasteiger partial charge in [0.05, 0.1) is 6.10 Å². The molecule has 0 radical (unpaired) electrons. The van der Waals surface area contributed by atoms with Crippen LogP contribution in [0.4, 0.5) is 0 Å². The lowest BCUT2D eigenvalue weighted by Gasteiger charge is -2.33. The van der Waals surface area contributed by atoms with Gasteiger partial charge in [0, 0.05) is 12.5 Å². The van der Waals surface area contributed by atoms with Gasteiger partial charge in [0.2, 0.25) is 0 Å². The summed E-state index contributed by atoms with van der Waals surface area (Å²) in [6, 6.07) is 20.5. The fourth-order valence-corrected chi connectivity index (χ4v) is 3.39. The maximum atomic E-state index is 10.9. The van der Waals surface area contributed by atoms with Gasteiger partial charge >= 0.3 is 0 Å². The standard InChI is InChI=1S/C20H25NO/c22-20(18-12-6-2-7-13-18)19(17-10-4-1-5-11-17)16-21-14-8-3-9-15-21/h1-2,4-7,10-13,19-20,22H,3,8-9,14-16H2/t19-,20+/m1/s1. The number of likely N-dealkylation sites (tertiary alicyclic amines) is 1. The maximum Gasteiger partial charge on any atom is 0.0870 e. The van der Waals surface area contributed by atoms with Gasteiger partial charge in [-0.3, -0.25) is 0 Å². The van der Waals surface area contributed by atoms with E-state index < -0.39 is 6.10 Å². The fraction of sp³-hybridized carbons (Fsp3) is 0.400. The zero-order valence-corrected chi connectivity index (χ0v) is 13.1. The molecular formula is C20H25NO. The highest BCUT2D eigenvalue weighted by Crippen LogP contribution is 2.32. The molecule has 0 amide bonds. The van der Waals surface area contributed by atoms with Crippen LogP contribution in [0.5, 0.6) is 0 Å². The van der Waals surface area contributed by atoms with Crippen LogP contribution in [0.25, 0.3) is 0 Å². The molecule has 1 fully saturated rings. The number of piperidine rings is 1. The van der Waals surface area contributed by atoms with Gasteiger partial charge < -0.3 is 10.0 Å². The molecule has 2 aromatic rings. The Morgan fingerprint density at radius 3 is 1.91 bits per heavy atom. The number of aliphatic hydroxyl groups is 1. The molecule has 1 heterocycles. The Balaban J connectivity index is 1.82. The molecule has 0 bridgehead atoms. The van der Waals surface area contributed by atoms with Gasteiger partial charge in [0.15, 0.2) is 0 Å². The molecule has 2 nitrogen and oxygen atoms in total. The third-order valence-electron chi connectivity index (χ3n) is 4.65. The number of aliphatic hydroxyl groups excluding tert-OH is 1. The largest absolute Gasteiger partial charge is 0.388 e. The number of hydrogen-bond acceptors (Lipinski definition) is 2. The van der Waals surface area contributed by atoms with Crippen molar-refractivity contribution in [2.24, 2.45) is 0 Å². The number of rotatable bonds is 5. The SMILES string of the molecule is O[C@@H](c1ccccc1)[C@H](CN1CCCCC1)c1ccccc1. The van der Waals surface area contributed by atoms with E-state index in [2.05, 4.69) is 29.2 Å². The van der Waals surface area contributed by atoms with E-state index in [1.807, 2.05) is 36.4 Å². The lowest BCUT2D eigenvalue weighted by molar-refractivity contribution is 0.109. The summed E-state index contributed by atoms with van der Waals surface area (Å²) >= 11 is 0. The van der Waals surface area contributed by atoms with E-state index in [-0.39, 0.29) is 5.92 Å². The molecule has 116 valence electrons. The van der Waals surface area contributed by atoms with Crippen molar-refractivity contribution in [2.45, 2.75) is 31.3 Å². The first kappa shape index (κ1) is 15.3. The molecule has 1 N–H and O–H groups in total. The lowest BCUT2D eigenvalue weighted by Crippen LogP contribution is -2.35. The molecule has 2 atom stereocenters. The first-order chi connectivity index (χ1) is 10.8. The molecular weight excluding hydrogens is 270 g/mol. The van der Waals surface area contributed by atoms with Gasteiger partial charge in [-0.15, -0.1) is 0 Å². The molecule has 1 aliphatic rings. The van der Waals surface area contributed by atoms with Gasteiger partial charge in [0.25, 0.3) is 0 Å². The zero-order chi connectivity index (χ0) is 15.2. The average Bonchev–Trinajstić information content (AvgIpc) is 2.61. The summed E-state index contributed by atoms with van der Waals surface area (Å²) in [5, 5.41) is 10.9. The molecule has 0 spiro atoms. The average molecular weight is 295 g/mol. The highest BCUT2D eigenvalue weighted by Gasteiger charge is 2.25. The molecule has 2 heteroatoms. The minimum absolute atomic E-state index is 0.127. The van der Waals surface area contributed by atoms with Crippen molar-refractivity contribution < 1.29 is 5.11 Å². The van der Waals surface area contributed by atoms with Crippen LogP contribution in [0.1, 0.15) is 42.4 Å². The summed E-state index contributed by atoms with van der Waals surface area (Å²) in [6.45, 7) is 3.25. The van der Waals surface area contributed by atoms with Crippen molar-refractivity contribution in [3.63, 3.8) is 0 Å². The zero-order valence-electron chi connectivity index (χ0n) is 13.1. The van der Waals surface area contributed by atoms with E-state index in [0.29, 0.717) is 0 Å². The van der Waals surface area contributed by atoms with Crippen molar-refractivity contribution >= 4 is 0 Å². The van der Waals surface area contributed by atoms with Crippen LogP contribution in [0.2, 0.25) is 0 Å². The summed E-state index contributed by atoms with van der Waals surface area (Å²) in [5.41, 5.74) is 2.23. The smallest absolute Gasteiger partial charge is 0.0870 e. The van der Waals surface area contributed by atoms with Crippen molar-refractivity contribution in [1.29, 1.82) is 0 Å². The highest BCUT2D eigenvalue weighted by atomic mass is 16.3. The topological polar surface area (TPSA) is 23.5 Å². The van der Waals surface area contributed by atoms with Crippen molar-refractivity contribution in [3.8, 4) is 0 Å². The Bertz CT molecular complexity index is 548. The molecule has 3 rings (SSSR count). The molecule has 2 aromatic carbocycles. The van der Waals surface area contributed by atoms with Gasteiger partial charge in [-0.1, -0.05) is 67.1 Å². The molecule has 0 aromatic heterocycles. The predicted molar refractivity (Wildman–Crippen MR) is 90.9 cm³/mol. The first-order valence-electron chi connectivity index (χ1n) is 8.35. The van der Waals surface area contributed by atoms with Gasteiger partial charge in [-0.05, 0) is 37.1 Å².